The van der Waals surface area contributed by atoms with E-state index < -0.39 is 10.2 Å². The summed E-state index contributed by atoms with van der Waals surface area (Å²) in [5.74, 6) is 1.17. The molecule has 1 saturated heterocycles. The molecule has 70 valence electrons. The van der Waals surface area contributed by atoms with Crippen LogP contribution in [0, 0.1) is 11.8 Å². The highest BCUT2D eigenvalue weighted by molar-refractivity contribution is 7.86. The number of hydrogen-bond acceptors (Lipinski definition) is 2. The van der Waals surface area contributed by atoms with E-state index in [0.29, 0.717) is 24.9 Å². The molecule has 1 heterocycles. The van der Waals surface area contributed by atoms with Crippen LogP contribution >= 0.6 is 0 Å². The number of nitrogens with two attached hydrogens (primary N) is 1. The van der Waals surface area contributed by atoms with Gasteiger partial charge in [-0.2, -0.15) is 12.7 Å². The summed E-state index contributed by atoms with van der Waals surface area (Å²) >= 11 is 0. The largest absolute Gasteiger partial charge is 0.276 e. The van der Waals surface area contributed by atoms with Crippen molar-refractivity contribution >= 4 is 10.2 Å². The zero-order valence-corrected chi connectivity index (χ0v) is 7.76. The molecular formula is C7H14N2O2S. The van der Waals surface area contributed by atoms with Crippen LogP contribution in [0.1, 0.15) is 19.3 Å². The third-order valence-electron chi connectivity index (χ3n) is 3.05. The van der Waals surface area contributed by atoms with Gasteiger partial charge in [-0.25, -0.2) is 5.14 Å². The van der Waals surface area contributed by atoms with Gasteiger partial charge in [-0.15, -0.1) is 0 Å². The molecule has 1 aliphatic heterocycles. The van der Waals surface area contributed by atoms with E-state index in [1.807, 2.05) is 0 Å². The average molecular weight is 190 g/mol. The normalized spacial score (nSPS) is 37.1. The highest BCUT2D eigenvalue weighted by Gasteiger charge is 2.39. The van der Waals surface area contributed by atoms with Gasteiger partial charge in [-0.1, -0.05) is 6.42 Å². The molecule has 0 aromatic carbocycles. The quantitative estimate of drug-likeness (QED) is 0.628. The topological polar surface area (TPSA) is 63.4 Å². The van der Waals surface area contributed by atoms with Crippen LogP contribution in [0.2, 0.25) is 0 Å². The van der Waals surface area contributed by atoms with Crippen LogP contribution in [0.25, 0.3) is 0 Å². The molecule has 0 bridgehead atoms. The molecule has 2 N–H and O–H groups in total. The van der Waals surface area contributed by atoms with E-state index in [9.17, 15) is 8.42 Å². The SMILES string of the molecule is NS(=O)(=O)N1CC2CCCC2C1. The molecule has 0 amide bonds. The zero-order chi connectivity index (χ0) is 8.77. The predicted octanol–water partition coefficient (Wildman–Crippen LogP) is -0.0782. The maximum Gasteiger partial charge on any atom is 0.276 e. The van der Waals surface area contributed by atoms with Crippen molar-refractivity contribution in [3.8, 4) is 0 Å². The minimum Gasteiger partial charge on any atom is -0.216 e. The van der Waals surface area contributed by atoms with Crippen LogP contribution in [0.3, 0.4) is 0 Å². The van der Waals surface area contributed by atoms with Gasteiger partial charge < -0.3 is 0 Å². The van der Waals surface area contributed by atoms with E-state index >= 15 is 0 Å². The van der Waals surface area contributed by atoms with Crippen LogP contribution in [-0.4, -0.2) is 25.8 Å². The van der Waals surface area contributed by atoms with Gasteiger partial charge >= 0.3 is 0 Å². The molecule has 2 fully saturated rings. The fraction of sp³-hybridized carbons (Fsp3) is 1.00. The van der Waals surface area contributed by atoms with Gasteiger partial charge in [0.05, 0.1) is 0 Å². The smallest absolute Gasteiger partial charge is 0.216 e. The predicted molar refractivity (Wildman–Crippen MR) is 45.5 cm³/mol. The van der Waals surface area contributed by atoms with Crippen molar-refractivity contribution in [3.63, 3.8) is 0 Å². The third-order valence-corrected chi connectivity index (χ3v) is 4.07. The van der Waals surface area contributed by atoms with Gasteiger partial charge in [0, 0.05) is 13.1 Å². The van der Waals surface area contributed by atoms with Crippen LogP contribution in [0.15, 0.2) is 0 Å². The Balaban J connectivity index is 2.09. The number of fused-ring (bicyclic) bond motifs is 1. The molecule has 2 rings (SSSR count). The highest BCUT2D eigenvalue weighted by Crippen LogP contribution is 2.38. The van der Waals surface area contributed by atoms with E-state index in [2.05, 4.69) is 0 Å². The zero-order valence-electron chi connectivity index (χ0n) is 6.94. The number of hydrogen-bond donors (Lipinski definition) is 1. The van der Waals surface area contributed by atoms with Crippen LogP contribution in [0.4, 0.5) is 0 Å². The molecule has 0 aromatic heterocycles. The Morgan fingerprint density at radius 2 is 1.67 bits per heavy atom. The van der Waals surface area contributed by atoms with Crippen molar-refractivity contribution in [1.82, 2.24) is 4.31 Å². The monoisotopic (exact) mass is 190 g/mol. The van der Waals surface area contributed by atoms with Gasteiger partial charge in [0.1, 0.15) is 0 Å². The van der Waals surface area contributed by atoms with Gasteiger partial charge in [-0.3, -0.25) is 0 Å². The fourth-order valence-corrected chi connectivity index (χ4v) is 3.20. The first-order valence-electron chi connectivity index (χ1n) is 4.35. The molecule has 0 spiro atoms. The summed E-state index contributed by atoms with van der Waals surface area (Å²) in [5, 5.41) is 5.04. The van der Waals surface area contributed by atoms with E-state index in [1.54, 1.807) is 0 Å². The molecule has 2 atom stereocenters. The molecule has 5 heteroatoms. The highest BCUT2D eigenvalue weighted by atomic mass is 32.2. The van der Waals surface area contributed by atoms with E-state index in [-0.39, 0.29) is 0 Å². The molecule has 0 aromatic rings. The Kier molecular flexibility index (Phi) is 1.89. The van der Waals surface area contributed by atoms with Gasteiger partial charge in [0.25, 0.3) is 10.2 Å². The summed E-state index contributed by atoms with van der Waals surface area (Å²) in [6.07, 6.45) is 3.61. The number of nitrogens with zero attached hydrogens (tertiary/aromatic N) is 1. The van der Waals surface area contributed by atoms with Crippen molar-refractivity contribution in [3.05, 3.63) is 0 Å². The van der Waals surface area contributed by atoms with Crippen molar-refractivity contribution in [2.75, 3.05) is 13.1 Å². The van der Waals surface area contributed by atoms with Gasteiger partial charge in [-0.05, 0) is 24.7 Å². The van der Waals surface area contributed by atoms with Crippen molar-refractivity contribution in [1.29, 1.82) is 0 Å². The first-order valence-corrected chi connectivity index (χ1v) is 5.85. The maximum atomic E-state index is 11.0. The lowest BCUT2D eigenvalue weighted by molar-refractivity contribution is 0.446. The van der Waals surface area contributed by atoms with Crippen LogP contribution < -0.4 is 5.14 Å². The second-order valence-corrected chi connectivity index (χ2v) is 5.36. The van der Waals surface area contributed by atoms with Crippen molar-refractivity contribution in [2.45, 2.75) is 19.3 Å². The Bertz CT molecular complexity index is 263. The second-order valence-electron chi connectivity index (χ2n) is 3.81. The summed E-state index contributed by atoms with van der Waals surface area (Å²) < 4.78 is 23.4. The average Bonchev–Trinajstić information content (AvgIpc) is 2.37. The Labute approximate surface area is 72.9 Å². The van der Waals surface area contributed by atoms with E-state index in [4.69, 9.17) is 5.14 Å². The summed E-state index contributed by atoms with van der Waals surface area (Å²) in [6, 6.07) is 0. The summed E-state index contributed by atoms with van der Waals surface area (Å²) in [5.41, 5.74) is 0. The lowest BCUT2D eigenvalue weighted by Gasteiger charge is -2.12. The molecule has 0 radical (unpaired) electrons. The molecule has 1 aliphatic carbocycles. The lowest BCUT2D eigenvalue weighted by Crippen LogP contribution is -2.35. The lowest BCUT2D eigenvalue weighted by atomic mass is 10.0. The third kappa shape index (κ3) is 1.36. The van der Waals surface area contributed by atoms with Gasteiger partial charge in [0.2, 0.25) is 0 Å². The molecule has 1 saturated carbocycles. The number of rotatable bonds is 1. The fourth-order valence-electron chi connectivity index (χ4n) is 2.40. The minimum absolute atomic E-state index is 0.586. The summed E-state index contributed by atoms with van der Waals surface area (Å²) in [6.45, 7) is 1.31. The molecule has 4 nitrogen and oxygen atoms in total. The first kappa shape index (κ1) is 8.47. The van der Waals surface area contributed by atoms with Crippen LogP contribution in [0.5, 0.6) is 0 Å². The van der Waals surface area contributed by atoms with Crippen LogP contribution in [-0.2, 0) is 10.2 Å². The second kappa shape index (κ2) is 2.68. The van der Waals surface area contributed by atoms with Crippen molar-refractivity contribution < 1.29 is 8.42 Å². The molecular weight excluding hydrogens is 176 g/mol. The van der Waals surface area contributed by atoms with E-state index in [0.717, 1.165) is 0 Å². The Hall–Kier alpha value is -0.130. The maximum absolute atomic E-state index is 11.0. The molecule has 2 unspecified atom stereocenters. The molecule has 2 aliphatic rings. The summed E-state index contributed by atoms with van der Waals surface area (Å²) in [7, 11) is -3.41. The summed E-state index contributed by atoms with van der Waals surface area (Å²) in [4.78, 5) is 0. The van der Waals surface area contributed by atoms with Crippen molar-refractivity contribution in [2.24, 2.45) is 17.0 Å². The van der Waals surface area contributed by atoms with E-state index in [1.165, 1.54) is 23.6 Å². The standard InChI is InChI=1S/C7H14N2O2S/c8-12(10,11)9-4-6-2-1-3-7(6)5-9/h6-7H,1-5H2,(H2,8,10,11). The first-order chi connectivity index (χ1) is 5.57. The van der Waals surface area contributed by atoms with Gasteiger partial charge in [0.15, 0.2) is 0 Å². The Morgan fingerprint density at radius 3 is 2.08 bits per heavy atom. The minimum atomic E-state index is -3.41. The molecule has 12 heavy (non-hydrogen) atoms. The Morgan fingerprint density at radius 1 is 1.17 bits per heavy atom.